The lowest BCUT2D eigenvalue weighted by molar-refractivity contribution is -0.146. The fourth-order valence-corrected chi connectivity index (χ4v) is 6.42. The highest BCUT2D eigenvalue weighted by Crippen LogP contribution is 2.35. The Kier molecular flexibility index (Phi) is 8.36. The third kappa shape index (κ3) is 6.54. The predicted molar refractivity (Wildman–Crippen MR) is 136 cm³/mol. The Balaban J connectivity index is 1.20. The number of piperidine rings is 2. The lowest BCUT2D eigenvalue weighted by Crippen LogP contribution is -2.56. The first-order valence-electron chi connectivity index (χ1n) is 14.1. The van der Waals surface area contributed by atoms with Gasteiger partial charge < -0.3 is 10.2 Å². The van der Waals surface area contributed by atoms with Crippen LogP contribution in [-0.2, 0) is 34.9 Å². The number of nitrogens with zero attached hydrogens (tertiary/aromatic N) is 4. The first-order valence-corrected chi connectivity index (χ1v) is 14.1. The zero-order chi connectivity index (χ0) is 29.4. The van der Waals surface area contributed by atoms with E-state index in [4.69, 9.17) is 0 Å². The lowest BCUT2D eigenvalue weighted by atomic mass is 9.87. The molecule has 1 aromatic carbocycles. The Hall–Kier alpha value is -3.09. The summed E-state index contributed by atoms with van der Waals surface area (Å²) < 4.78 is 79.1. The van der Waals surface area contributed by atoms with Crippen LogP contribution in [0.5, 0.6) is 0 Å². The summed E-state index contributed by atoms with van der Waals surface area (Å²) in [6.45, 7) is 0.270. The fourth-order valence-electron chi connectivity index (χ4n) is 6.42. The maximum atomic E-state index is 13.5. The number of carbonyl (C=O) groups is 2. The molecule has 1 aromatic heterocycles. The minimum atomic E-state index is -5.09. The van der Waals surface area contributed by atoms with E-state index in [0.717, 1.165) is 50.6 Å². The number of likely N-dealkylation sites (tertiary alicyclic amines) is 2. The van der Waals surface area contributed by atoms with Crippen LogP contribution in [0.1, 0.15) is 73.5 Å². The number of hydrogen-bond acceptors (Lipinski definition) is 4. The van der Waals surface area contributed by atoms with Gasteiger partial charge >= 0.3 is 12.4 Å². The van der Waals surface area contributed by atoms with Crippen LogP contribution in [0.25, 0.3) is 0 Å². The highest BCUT2D eigenvalue weighted by Gasteiger charge is 2.43. The number of carbonyl (C=O) groups excluding carboxylic acids is 2. The van der Waals surface area contributed by atoms with Gasteiger partial charge in [0, 0.05) is 25.2 Å². The van der Waals surface area contributed by atoms with Crippen molar-refractivity contribution in [2.75, 3.05) is 19.6 Å². The quantitative estimate of drug-likeness (QED) is 0.504. The van der Waals surface area contributed by atoms with E-state index < -0.39 is 36.2 Å². The Labute approximate surface area is 233 Å². The molecule has 224 valence electrons. The molecule has 2 fully saturated rings. The third-order valence-corrected chi connectivity index (χ3v) is 8.46. The summed E-state index contributed by atoms with van der Waals surface area (Å²) in [5.74, 6) is -0.738. The molecule has 0 spiro atoms. The van der Waals surface area contributed by atoms with Crippen LogP contribution in [-0.4, -0.2) is 63.1 Å². The molecule has 7 nitrogen and oxygen atoms in total. The Bertz CT molecular complexity index is 1250. The van der Waals surface area contributed by atoms with Gasteiger partial charge in [-0.2, -0.15) is 31.4 Å². The molecule has 2 atom stereocenters. The molecule has 2 aromatic rings. The zero-order valence-electron chi connectivity index (χ0n) is 22.5. The topological polar surface area (TPSA) is 70.5 Å². The van der Waals surface area contributed by atoms with E-state index in [1.165, 1.54) is 10.5 Å². The summed E-state index contributed by atoms with van der Waals surface area (Å²) in [4.78, 5) is 29.9. The van der Waals surface area contributed by atoms with Crippen LogP contribution in [0.2, 0.25) is 0 Å². The molecule has 5 rings (SSSR count). The third-order valence-electron chi connectivity index (χ3n) is 8.46. The van der Waals surface area contributed by atoms with Crippen molar-refractivity contribution >= 4 is 11.8 Å². The number of rotatable bonds is 5. The zero-order valence-corrected chi connectivity index (χ0v) is 22.5. The van der Waals surface area contributed by atoms with E-state index in [1.807, 2.05) is 12.1 Å². The maximum Gasteiger partial charge on any atom is 0.435 e. The monoisotopic (exact) mass is 585 g/mol. The molecular weight excluding hydrogens is 552 g/mol. The first kappa shape index (κ1) is 29.4. The highest BCUT2D eigenvalue weighted by atomic mass is 19.4. The summed E-state index contributed by atoms with van der Waals surface area (Å²) in [5, 5.41) is 6.31. The summed E-state index contributed by atoms with van der Waals surface area (Å²) in [7, 11) is 0. The van der Waals surface area contributed by atoms with Gasteiger partial charge in [-0.25, -0.2) is 0 Å². The number of halogens is 6. The smallest absolute Gasteiger partial charge is 0.348 e. The molecule has 2 amide bonds. The average molecular weight is 586 g/mol. The number of amides is 2. The minimum Gasteiger partial charge on any atom is -0.348 e. The number of nitrogens with one attached hydrogen (secondary N) is 1. The van der Waals surface area contributed by atoms with Gasteiger partial charge in [0.15, 0.2) is 5.69 Å². The van der Waals surface area contributed by atoms with Crippen molar-refractivity contribution in [2.45, 2.75) is 88.4 Å². The van der Waals surface area contributed by atoms with Gasteiger partial charge in [0.25, 0.3) is 0 Å². The fraction of sp³-hybridized carbons (Fsp3) is 0.607. The summed E-state index contributed by atoms with van der Waals surface area (Å²) in [5.41, 5.74) is -0.888. The van der Waals surface area contributed by atoms with Gasteiger partial charge in [-0.3, -0.25) is 19.2 Å². The molecule has 2 saturated heterocycles. The second-order valence-electron chi connectivity index (χ2n) is 11.1. The van der Waals surface area contributed by atoms with Gasteiger partial charge in [-0.1, -0.05) is 30.7 Å². The number of alkyl halides is 6. The molecule has 1 N–H and O–H groups in total. The second kappa shape index (κ2) is 11.7. The second-order valence-corrected chi connectivity index (χ2v) is 11.1. The molecule has 2 aliphatic heterocycles. The Morgan fingerprint density at radius 1 is 0.902 bits per heavy atom. The van der Waals surface area contributed by atoms with E-state index in [1.54, 1.807) is 0 Å². The van der Waals surface area contributed by atoms with E-state index >= 15 is 0 Å². The Morgan fingerprint density at radius 3 is 2.34 bits per heavy atom. The van der Waals surface area contributed by atoms with Gasteiger partial charge in [0.1, 0.15) is 12.2 Å². The van der Waals surface area contributed by atoms with Crippen molar-refractivity contribution in [3.8, 4) is 0 Å². The molecule has 13 heteroatoms. The van der Waals surface area contributed by atoms with E-state index in [0.29, 0.717) is 12.8 Å². The van der Waals surface area contributed by atoms with Crippen LogP contribution in [0, 0.1) is 0 Å². The maximum absolute atomic E-state index is 13.5. The first-order chi connectivity index (χ1) is 19.4. The van der Waals surface area contributed by atoms with E-state index in [2.05, 4.69) is 27.4 Å². The standard InChI is InChI=1S/C28H33F6N5O2/c29-27(30,31)23-16-24(28(32,33)34)39(36-23)17-25(40)37-14-11-19(12-15-37)38-13-4-3-10-22(38)26(41)35-21-9-5-7-18-6-1-2-8-20(18)21/h1-2,6,8,16,19,21-22H,3-5,7,9-15,17H2,(H,35,41). The largest absolute Gasteiger partial charge is 0.435 e. The number of aryl methyl sites for hydroxylation is 1. The Morgan fingerprint density at radius 2 is 1.63 bits per heavy atom. The number of hydrogen-bond donors (Lipinski definition) is 1. The SMILES string of the molecule is O=C(NC1CCCc2ccccc21)C1CCCCN1C1CCN(C(=O)Cn2nc(C(F)(F)F)cc2C(F)(F)F)CC1. The van der Waals surface area contributed by atoms with Crippen molar-refractivity contribution < 1.29 is 35.9 Å². The van der Waals surface area contributed by atoms with Gasteiger partial charge in [-0.15, -0.1) is 0 Å². The highest BCUT2D eigenvalue weighted by molar-refractivity contribution is 5.82. The van der Waals surface area contributed by atoms with Crippen LogP contribution in [0.4, 0.5) is 26.3 Å². The summed E-state index contributed by atoms with van der Waals surface area (Å²) in [6.07, 6.45) is -3.65. The molecule has 2 unspecified atom stereocenters. The van der Waals surface area contributed by atoms with Crippen LogP contribution < -0.4 is 5.32 Å². The molecule has 41 heavy (non-hydrogen) atoms. The van der Waals surface area contributed by atoms with Crippen LogP contribution in [0.3, 0.4) is 0 Å². The van der Waals surface area contributed by atoms with Gasteiger partial charge in [-0.05, 0) is 62.6 Å². The normalized spacial score (nSPS) is 22.8. The van der Waals surface area contributed by atoms with Gasteiger partial charge in [0.2, 0.25) is 11.8 Å². The van der Waals surface area contributed by atoms with Crippen molar-refractivity contribution in [1.29, 1.82) is 0 Å². The molecule has 3 heterocycles. The number of benzene rings is 1. The van der Waals surface area contributed by atoms with E-state index in [9.17, 15) is 35.9 Å². The number of fused-ring (bicyclic) bond motifs is 1. The van der Waals surface area contributed by atoms with E-state index in [-0.39, 0.29) is 47.9 Å². The van der Waals surface area contributed by atoms with Crippen LogP contribution in [0.15, 0.2) is 30.3 Å². The average Bonchev–Trinajstić information content (AvgIpc) is 3.39. The van der Waals surface area contributed by atoms with Crippen molar-refractivity contribution in [3.63, 3.8) is 0 Å². The molecular formula is C28H33F6N5O2. The molecule has 0 saturated carbocycles. The van der Waals surface area contributed by atoms with Crippen molar-refractivity contribution in [3.05, 3.63) is 52.8 Å². The van der Waals surface area contributed by atoms with Crippen LogP contribution >= 0.6 is 0 Å². The minimum absolute atomic E-state index is 0.0104. The molecule has 3 aliphatic rings. The summed E-state index contributed by atoms with van der Waals surface area (Å²) in [6, 6.07) is 7.76. The molecule has 0 bridgehead atoms. The molecule has 0 radical (unpaired) electrons. The number of aromatic nitrogens is 2. The lowest BCUT2D eigenvalue weighted by Gasteiger charge is -2.44. The van der Waals surface area contributed by atoms with Gasteiger partial charge in [0.05, 0.1) is 12.1 Å². The van der Waals surface area contributed by atoms with Crippen molar-refractivity contribution in [1.82, 2.24) is 24.9 Å². The van der Waals surface area contributed by atoms with Crippen molar-refractivity contribution in [2.24, 2.45) is 0 Å². The summed E-state index contributed by atoms with van der Waals surface area (Å²) >= 11 is 0. The molecule has 1 aliphatic carbocycles. The predicted octanol–water partition coefficient (Wildman–Crippen LogP) is 4.96.